The second-order valence-corrected chi connectivity index (χ2v) is 7.62. The summed E-state index contributed by atoms with van der Waals surface area (Å²) in [6, 6.07) is 6.30. The Morgan fingerprint density at radius 2 is 2.00 bits per heavy atom. The van der Waals surface area contributed by atoms with E-state index in [4.69, 9.17) is 0 Å². The molecule has 23 heavy (non-hydrogen) atoms. The van der Waals surface area contributed by atoms with Crippen LogP contribution < -0.4 is 4.72 Å². The largest absolute Gasteiger partial charge is 0.283 e. The maximum atomic E-state index is 11.9. The summed E-state index contributed by atoms with van der Waals surface area (Å²) in [5, 5.41) is 1.25. The van der Waals surface area contributed by atoms with Gasteiger partial charge in [0.15, 0.2) is 0 Å². The molecule has 1 N–H and O–H groups in total. The summed E-state index contributed by atoms with van der Waals surface area (Å²) in [6.07, 6.45) is 11.6. The minimum absolute atomic E-state index is 0.0241. The Morgan fingerprint density at radius 1 is 1.13 bits per heavy atom. The molecule has 1 aromatic carbocycles. The Kier molecular flexibility index (Phi) is 3.16. The second kappa shape index (κ2) is 5.10. The molecule has 1 aromatic rings. The Labute approximate surface area is 136 Å². The highest BCUT2D eigenvalue weighted by molar-refractivity contribution is 7.92. The van der Waals surface area contributed by atoms with Gasteiger partial charge in [-0.15, -0.1) is 0 Å². The number of hydrogen-bond acceptors (Lipinski definition) is 2. The van der Waals surface area contributed by atoms with Gasteiger partial charge in [-0.05, 0) is 46.8 Å². The summed E-state index contributed by atoms with van der Waals surface area (Å²) in [4.78, 5) is 0. The van der Waals surface area contributed by atoms with Gasteiger partial charge in [-0.2, -0.15) is 0 Å². The monoisotopic (exact) mass is 323 g/mol. The van der Waals surface area contributed by atoms with Crippen LogP contribution in [0.2, 0.25) is 0 Å². The Bertz CT molecular complexity index is 930. The van der Waals surface area contributed by atoms with Gasteiger partial charge in [0, 0.05) is 11.6 Å². The molecule has 1 unspecified atom stereocenters. The first-order valence-corrected chi connectivity index (χ1v) is 9.18. The highest BCUT2D eigenvalue weighted by atomic mass is 32.2. The zero-order chi connectivity index (χ0) is 16.0. The average molecular weight is 323 g/mol. The smallest absolute Gasteiger partial charge is 0.254 e. The summed E-state index contributed by atoms with van der Waals surface area (Å²) < 4.78 is 26.6. The molecule has 0 aromatic heterocycles. The topological polar surface area (TPSA) is 46.2 Å². The molecule has 2 aliphatic carbocycles. The first-order valence-electron chi connectivity index (χ1n) is 7.64. The molecule has 0 amide bonds. The third kappa shape index (κ3) is 2.49. The molecule has 116 valence electrons. The fourth-order valence-corrected chi connectivity index (χ4v) is 4.35. The van der Waals surface area contributed by atoms with Gasteiger partial charge in [-0.1, -0.05) is 49.1 Å². The van der Waals surface area contributed by atoms with Crippen LogP contribution in [-0.4, -0.2) is 8.42 Å². The van der Waals surface area contributed by atoms with Crippen molar-refractivity contribution in [1.82, 2.24) is 4.72 Å². The van der Waals surface area contributed by atoms with Crippen LogP contribution in [0.5, 0.6) is 0 Å². The number of nitrogens with one attached hydrogen (secondary N) is 1. The highest BCUT2D eigenvalue weighted by Gasteiger charge is 2.27. The standard InChI is InChI=1S/C19H17NO2S/c1-13-6-7-15-12-16(8-9-17(13)15)18-5-3-2-4-14-10-11-23(21,22)20-19(14)18/h2-3,6-12,18,20H,1,4-5H2. The zero-order valence-electron chi connectivity index (χ0n) is 12.6. The van der Waals surface area contributed by atoms with Crippen LogP contribution in [0, 0.1) is 0 Å². The quantitative estimate of drug-likeness (QED) is 0.798. The van der Waals surface area contributed by atoms with E-state index in [1.807, 2.05) is 6.08 Å². The number of allylic oxidation sites excluding steroid dienone is 7. The third-order valence-corrected chi connectivity index (χ3v) is 5.56. The molecule has 1 heterocycles. The Hall–Kier alpha value is -2.33. The Morgan fingerprint density at radius 3 is 2.87 bits per heavy atom. The number of sulfonamides is 1. The van der Waals surface area contributed by atoms with Crippen LogP contribution >= 0.6 is 0 Å². The molecule has 0 saturated heterocycles. The van der Waals surface area contributed by atoms with E-state index < -0.39 is 10.0 Å². The van der Waals surface area contributed by atoms with E-state index in [1.54, 1.807) is 6.08 Å². The molecule has 3 aliphatic rings. The highest BCUT2D eigenvalue weighted by Crippen LogP contribution is 2.37. The van der Waals surface area contributed by atoms with E-state index in [0.717, 1.165) is 46.4 Å². The molecule has 0 fully saturated rings. The van der Waals surface area contributed by atoms with E-state index in [-0.39, 0.29) is 5.92 Å². The average Bonchev–Trinajstić information content (AvgIpc) is 2.76. The molecule has 1 atom stereocenters. The van der Waals surface area contributed by atoms with Gasteiger partial charge in [-0.25, -0.2) is 8.42 Å². The SMILES string of the molecule is C=C1C=Cc2cc(C3CC=CCC4=C3NS(=O)(=O)C=C4)ccc21. The van der Waals surface area contributed by atoms with Crippen molar-refractivity contribution in [3.8, 4) is 0 Å². The molecule has 3 nitrogen and oxygen atoms in total. The van der Waals surface area contributed by atoms with Crippen molar-refractivity contribution in [3.63, 3.8) is 0 Å². The fourth-order valence-electron chi connectivity index (χ4n) is 3.36. The molecule has 0 saturated carbocycles. The van der Waals surface area contributed by atoms with Crippen molar-refractivity contribution in [2.45, 2.75) is 18.8 Å². The van der Waals surface area contributed by atoms with Crippen molar-refractivity contribution in [2.24, 2.45) is 0 Å². The summed E-state index contributed by atoms with van der Waals surface area (Å²) in [5.41, 5.74) is 6.29. The van der Waals surface area contributed by atoms with Gasteiger partial charge >= 0.3 is 0 Å². The van der Waals surface area contributed by atoms with Crippen molar-refractivity contribution in [3.05, 3.63) is 82.5 Å². The summed E-state index contributed by atoms with van der Waals surface area (Å²) in [5.74, 6) is 0.0241. The van der Waals surface area contributed by atoms with E-state index in [9.17, 15) is 8.42 Å². The minimum Gasteiger partial charge on any atom is -0.283 e. The lowest BCUT2D eigenvalue weighted by molar-refractivity contribution is 0.591. The summed E-state index contributed by atoms with van der Waals surface area (Å²) in [6.45, 7) is 4.03. The van der Waals surface area contributed by atoms with Gasteiger partial charge < -0.3 is 0 Å². The number of hydrogen-bond donors (Lipinski definition) is 1. The number of rotatable bonds is 1. The predicted molar refractivity (Wildman–Crippen MR) is 93.8 cm³/mol. The van der Waals surface area contributed by atoms with Crippen LogP contribution in [0.3, 0.4) is 0 Å². The van der Waals surface area contributed by atoms with E-state index in [0.29, 0.717) is 0 Å². The van der Waals surface area contributed by atoms with E-state index in [1.165, 1.54) is 5.41 Å². The molecule has 0 spiro atoms. The van der Waals surface area contributed by atoms with E-state index in [2.05, 4.69) is 47.7 Å². The van der Waals surface area contributed by atoms with Crippen LogP contribution in [-0.2, 0) is 10.0 Å². The van der Waals surface area contributed by atoms with Crippen molar-refractivity contribution >= 4 is 21.7 Å². The lowest BCUT2D eigenvalue weighted by Gasteiger charge is -2.24. The van der Waals surface area contributed by atoms with Crippen LogP contribution in [0.25, 0.3) is 11.6 Å². The van der Waals surface area contributed by atoms with Crippen molar-refractivity contribution < 1.29 is 8.42 Å². The second-order valence-electron chi connectivity index (χ2n) is 6.06. The van der Waals surface area contributed by atoms with Gasteiger partial charge in [-0.3, -0.25) is 4.72 Å². The predicted octanol–water partition coefficient (Wildman–Crippen LogP) is 3.86. The van der Waals surface area contributed by atoms with Crippen LogP contribution in [0.4, 0.5) is 0 Å². The van der Waals surface area contributed by atoms with Crippen molar-refractivity contribution in [2.75, 3.05) is 0 Å². The molecule has 0 radical (unpaired) electrons. The summed E-state index contributed by atoms with van der Waals surface area (Å²) >= 11 is 0. The summed E-state index contributed by atoms with van der Waals surface area (Å²) in [7, 11) is -3.37. The molecule has 0 bridgehead atoms. The van der Waals surface area contributed by atoms with Gasteiger partial charge in [0.05, 0.1) is 5.41 Å². The van der Waals surface area contributed by atoms with Gasteiger partial charge in [0.1, 0.15) is 0 Å². The Balaban J connectivity index is 1.81. The maximum Gasteiger partial charge on any atom is 0.254 e. The first-order chi connectivity index (χ1) is 11.0. The lowest BCUT2D eigenvalue weighted by Crippen LogP contribution is -2.28. The molecule has 1 aliphatic heterocycles. The molecule has 4 heteroatoms. The molecular weight excluding hydrogens is 306 g/mol. The lowest BCUT2D eigenvalue weighted by atomic mass is 9.89. The van der Waals surface area contributed by atoms with E-state index >= 15 is 0 Å². The maximum absolute atomic E-state index is 11.9. The van der Waals surface area contributed by atoms with Gasteiger partial charge in [0.2, 0.25) is 0 Å². The fraction of sp³-hybridized carbons (Fsp3) is 0.158. The minimum atomic E-state index is -3.37. The first kappa shape index (κ1) is 14.3. The molecular formula is C19H17NO2S. The van der Waals surface area contributed by atoms with Gasteiger partial charge in [0.25, 0.3) is 10.0 Å². The van der Waals surface area contributed by atoms with Crippen LogP contribution in [0.1, 0.15) is 35.4 Å². The van der Waals surface area contributed by atoms with Crippen molar-refractivity contribution in [1.29, 1.82) is 0 Å². The number of benzene rings is 1. The third-order valence-electron chi connectivity index (χ3n) is 4.56. The zero-order valence-corrected chi connectivity index (χ0v) is 13.4. The normalized spacial score (nSPS) is 24.2. The molecule has 4 rings (SSSR count). The van der Waals surface area contributed by atoms with Crippen LogP contribution in [0.15, 0.2) is 65.8 Å². The number of fused-ring (bicyclic) bond motifs is 1.